The van der Waals surface area contributed by atoms with Crippen LogP contribution in [0.25, 0.3) is 22.6 Å². The van der Waals surface area contributed by atoms with Crippen LogP contribution in [0.2, 0.25) is 0 Å². The lowest BCUT2D eigenvalue weighted by molar-refractivity contribution is 0.413. The number of aromatic amines is 1. The van der Waals surface area contributed by atoms with Gasteiger partial charge in [-0.1, -0.05) is 0 Å². The van der Waals surface area contributed by atoms with Crippen molar-refractivity contribution in [2.75, 3.05) is 7.11 Å². The Kier molecular flexibility index (Phi) is 3.58. The van der Waals surface area contributed by atoms with Crippen LogP contribution in [0.15, 0.2) is 42.9 Å². The van der Waals surface area contributed by atoms with Crippen molar-refractivity contribution in [3.63, 3.8) is 0 Å². The topological polar surface area (TPSA) is 61.7 Å². The minimum absolute atomic E-state index is 0.322. The largest absolute Gasteiger partial charge is 0.496 e. The lowest BCUT2D eigenvalue weighted by Crippen LogP contribution is -1.89. The summed E-state index contributed by atoms with van der Waals surface area (Å²) >= 11 is 0. The van der Waals surface area contributed by atoms with E-state index in [1.54, 1.807) is 43.9 Å². The number of halogens is 1. The van der Waals surface area contributed by atoms with Crippen LogP contribution in [0.5, 0.6) is 5.75 Å². The standard InChI is InChI=1S/C17H12FN3O/c1-22-17-4-5-20-9-12(17)6-11(8-19)15-10-21-16-7-13(18)2-3-14(15)16/h2-7,9-10,21H,1H3/b11-6+. The molecule has 0 fully saturated rings. The van der Waals surface area contributed by atoms with E-state index in [1.165, 1.54) is 12.1 Å². The first-order chi connectivity index (χ1) is 10.7. The zero-order valence-electron chi connectivity index (χ0n) is 11.8. The quantitative estimate of drug-likeness (QED) is 0.748. The summed E-state index contributed by atoms with van der Waals surface area (Å²) in [6, 6.07) is 8.33. The fraction of sp³-hybridized carbons (Fsp3) is 0.0588. The average Bonchev–Trinajstić information content (AvgIpc) is 2.95. The van der Waals surface area contributed by atoms with Crippen molar-refractivity contribution in [1.82, 2.24) is 9.97 Å². The van der Waals surface area contributed by atoms with Crippen LogP contribution >= 0.6 is 0 Å². The monoisotopic (exact) mass is 293 g/mol. The van der Waals surface area contributed by atoms with Gasteiger partial charge in [-0.3, -0.25) is 4.98 Å². The van der Waals surface area contributed by atoms with Gasteiger partial charge in [-0.25, -0.2) is 4.39 Å². The second-order valence-corrected chi connectivity index (χ2v) is 4.68. The fourth-order valence-electron chi connectivity index (χ4n) is 2.34. The fourth-order valence-corrected chi connectivity index (χ4v) is 2.34. The van der Waals surface area contributed by atoms with Gasteiger partial charge in [0.1, 0.15) is 11.6 Å². The number of allylic oxidation sites excluding steroid dienone is 1. The molecule has 5 heteroatoms. The molecule has 1 N–H and O–H groups in total. The number of H-pyrrole nitrogens is 1. The van der Waals surface area contributed by atoms with Crippen molar-refractivity contribution >= 4 is 22.6 Å². The van der Waals surface area contributed by atoms with E-state index in [0.29, 0.717) is 28.0 Å². The molecular weight excluding hydrogens is 281 g/mol. The molecule has 3 rings (SSSR count). The van der Waals surface area contributed by atoms with Gasteiger partial charge in [0.15, 0.2) is 0 Å². The molecule has 0 unspecified atom stereocenters. The van der Waals surface area contributed by atoms with Crippen LogP contribution in [-0.4, -0.2) is 17.1 Å². The highest BCUT2D eigenvalue weighted by atomic mass is 19.1. The molecule has 4 nitrogen and oxygen atoms in total. The molecule has 0 saturated heterocycles. The highest BCUT2D eigenvalue weighted by molar-refractivity contribution is 6.01. The average molecular weight is 293 g/mol. The highest BCUT2D eigenvalue weighted by Gasteiger charge is 2.10. The SMILES string of the molecule is COc1ccncc1/C=C(\C#N)c1c[nH]c2cc(F)ccc12. The zero-order chi connectivity index (χ0) is 15.5. The van der Waals surface area contributed by atoms with Crippen LogP contribution in [0, 0.1) is 17.1 Å². The number of fused-ring (bicyclic) bond motifs is 1. The molecule has 2 aromatic heterocycles. The second kappa shape index (κ2) is 5.70. The van der Waals surface area contributed by atoms with E-state index in [4.69, 9.17) is 4.74 Å². The minimum Gasteiger partial charge on any atom is -0.496 e. The van der Waals surface area contributed by atoms with Gasteiger partial charge in [-0.15, -0.1) is 0 Å². The van der Waals surface area contributed by atoms with E-state index in [2.05, 4.69) is 16.0 Å². The van der Waals surface area contributed by atoms with E-state index >= 15 is 0 Å². The summed E-state index contributed by atoms with van der Waals surface area (Å²) in [6.07, 6.45) is 6.65. The summed E-state index contributed by atoms with van der Waals surface area (Å²) in [5.41, 5.74) is 2.51. The first-order valence-corrected chi connectivity index (χ1v) is 6.59. The van der Waals surface area contributed by atoms with Crippen molar-refractivity contribution in [2.24, 2.45) is 0 Å². The van der Waals surface area contributed by atoms with Crippen molar-refractivity contribution in [3.8, 4) is 11.8 Å². The predicted octanol–water partition coefficient (Wildman–Crippen LogP) is 3.77. The lowest BCUT2D eigenvalue weighted by Gasteiger charge is -2.04. The van der Waals surface area contributed by atoms with E-state index in [-0.39, 0.29) is 5.82 Å². The summed E-state index contributed by atoms with van der Waals surface area (Å²) in [5, 5.41) is 10.3. The number of nitrogens with zero attached hydrogens (tertiary/aromatic N) is 2. The maximum atomic E-state index is 13.3. The molecule has 108 valence electrons. The number of benzene rings is 1. The van der Waals surface area contributed by atoms with Gasteiger partial charge in [0, 0.05) is 40.6 Å². The molecule has 0 bridgehead atoms. The Labute approximate surface area is 126 Å². The van der Waals surface area contributed by atoms with Crippen LogP contribution in [-0.2, 0) is 0 Å². The molecule has 0 aliphatic rings. The van der Waals surface area contributed by atoms with E-state index < -0.39 is 0 Å². The van der Waals surface area contributed by atoms with Crippen LogP contribution in [0.4, 0.5) is 4.39 Å². The number of nitriles is 1. The first kappa shape index (κ1) is 13.8. The van der Waals surface area contributed by atoms with Crippen molar-refractivity contribution in [1.29, 1.82) is 5.26 Å². The lowest BCUT2D eigenvalue weighted by atomic mass is 10.0. The molecule has 0 amide bonds. The van der Waals surface area contributed by atoms with E-state index in [9.17, 15) is 9.65 Å². The Hall–Kier alpha value is -3.13. The number of nitrogens with one attached hydrogen (secondary N) is 1. The molecular formula is C17H12FN3O. The smallest absolute Gasteiger partial charge is 0.129 e. The van der Waals surface area contributed by atoms with Gasteiger partial charge in [0.25, 0.3) is 0 Å². The number of hydrogen-bond acceptors (Lipinski definition) is 3. The number of rotatable bonds is 3. The number of ether oxygens (including phenoxy) is 1. The van der Waals surface area contributed by atoms with Crippen LogP contribution in [0.1, 0.15) is 11.1 Å². The van der Waals surface area contributed by atoms with Crippen molar-refractivity contribution in [3.05, 3.63) is 59.8 Å². The first-order valence-electron chi connectivity index (χ1n) is 6.59. The van der Waals surface area contributed by atoms with Gasteiger partial charge in [-0.2, -0.15) is 5.26 Å². The van der Waals surface area contributed by atoms with Gasteiger partial charge >= 0.3 is 0 Å². The maximum absolute atomic E-state index is 13.3. The van der Waals surface area contributed by atoms with Gasteiger partial charge in [0.05, 0.1) is 18.8 Å². The molecule has 0 atom stereocenters. The molecule has 0 radical (unpaired) electrons. The Morgan fingerprint density at radius 1 is 1.41 bits per heavy atom. The molecule has 0 aliphatic heterocycles. The number of hydrogen-bond donors (Lipinski definition) is 1. The zero-order valence-corrected chi connectivity index (χ0v) is 11.8. The van der Waals surface area contributed by atoms with Crippen LogP contribution in [0.3, 0.4) is 0 Å². The summed E-state index contributed by atoms with van der Waals surface area (Å²) < 4.78 is 18.5. The Morgan fingerprint density at radius 2 is 2.27 bits per heavy atom. The van der Waals surface area contributed by atoms with Crippen molar-refractivity contribution in [2.45, 2.75) is 0 Å². The summed E-state index contributed by atoms with van der Waals surface area (Å²) in [7, 11) is 1.56. The molecule has 0 saturated carbocycles. The van der Waals surface area contributed by atoms with Gasteiger partial charge in [0.2, 0.25) is 0 Å². The Bertz CT molecular complexity index is 906. The summed E-state index contributed by atoms with van der Waals surface area (Å²) in [6.45, 7) is 0. The number of methoxy groups -OCH3 is 1. The third kappa shape index (κ3) is 2.42. The Morgan fingerprint density at radius 3 is 3.05 bits per heavy atom. The highest BCUT2D eigenvalue weighted by Crippen LogP contribution is 2.28. The number of pyridine rings is 1. The van der Waals surface area contributed by atoms with E-state index in [0.717, 1.165) is 5.39 Å². The van der Waals surface area contributed by atoms with Crippen LogP contribution < -0.4 is 4.74 Å². The van der Waals surface area contributed by atoms with Gasteiger partial charge in [-0.05, 0) is 30.3 Å². The molecule has 0 aliphatic carbocycles. The predicted molar refractivity (Wildman–Crippen MR) is 82.5 cm³/mol. The maximum Gasteiger partial charge on any atom is 0.129 e. The summed E-state index contributed by atoms with van der Waals surface area (Å²) in [4.78, 5) is 7.02. The van der Waals surface area contributed by atoms with E-state index in [1.807, 2.05) is 0 Å². The molecule has 22 heavy (non-hydrogen) atoms. The molecule has 2 heterocycles. The van der Waals surface area contributed by atoms with Gasteiger partial charge < -0.3 is 9.72 Å². The third-order valence-electron chi connectivity index (χ3n) is 3.38. The molecule has 0 spiro atoms. The minimum atomic E-state index is -0.322. The summed E-state index contributed by atoms with van der Waals surface area (Å²) in [5.74, 6) is 0.311. The van der Waals surface area contributed by atoms with Crippen molar-refractivity contribution < 1.29 is 9.13 Å². The normalized spacial score (nSPS) is 11.4. The second-order valence-electron chi connectivity index (χ2n) is 4.68. The molecule has 3 aromatic rings. The third-order valence-corrected chi connectivity index (χ3v) is 3.38. The number of aromatic nitrogens is 2. The molecule has 1 aromatic carbocycles. The Balaban J connectivity index is 2.14.